The first-order valence-electron chi connectivity index (χ1n) is 4.58. The molecule has 1 atom stereocenters. The zero-order valence-electron chi connectivity index (χ0n) is 8.44. The van der Waals surface area contributed by atoms with Gasteiger partial charge in [0.15, 0.2) is 0 Å². The average molecular weight is 273 g/mol. The number of nitrogens with two attached hydrogens (primary N) is 1. The van der Waals surface area contributed by atoms with E-state index in [4.69, 9.17) is 5.73 Å². The van der Waals surface area contributed by atoms with Gasteiger partial charge in [-0.1, -0.05) is 6.07 Å². The number of esters is 1. The van der Waals surface area contributed by atoms with Gasteiger partial charge >= 0.3 is 5.97 Å². The highest BCUT2D eigenvalue weighted by atomic mass is 79.9. The van der Waals surface area contributed by atoms with Crippen LogP contribution in [0.4, 0.5) is 0 Å². The van der Waals surface area contributed by atoms with Crippen LogP contribution in [0.15, 0.2) is 22.8 Å². The van der Waals surface area contributed by atoms with Crippen molar-refractivity contribution in [3.8, 4) is 0 Å². The first-order valence-corrected chi connectivity index (χ1v) is 5.37. The number of nitrogens with zero attached hydrogens (tertiary/aromatic N) is 1. The summed E-state index contributed by atoms with van der Waals surface area (Å²) in [6.45, 7) is 0. The van der Waals surface area contributed by atoms with E-state index in [0.29, 0.717) is 12.8 Å². The molecule has 1 heterocycles. The van der Waals surface area contributed by atoms with Gasteiger partial charge in [0.1, 0.15) is 4.60 Å². The number of hydrogen-bond acceptors (Lipinski definition) is 4. The molecule has 5 heteroatoms. The lowest BCUT2D eigenvalue weighted by Crippen LogP contribution is -2.14. The Morgan fingerprint density at radius 1 is 1.67 bits per heavy atom. The number of rotatable bonds is 4. The summed E-state index contributed by atoms with van der Waals surface area (Å²) in [5.74, 6) is -0.250. The van der Waals surface area contributed by atoms with E-state index in [0.717, 1.165) is 10.3 Å². The van der Waals surface area contributed by atoms with Crippen molar-refractivity contribution in [2.45, 2.75) is 18.9 Å². The maximum absolute atomic E-state index is 10.9. The van der Waals surface area contributed by atoms with Gasteiger partial charge in [-0.15, -0.1) is 0 Å². The Balaban J connectivity index is 2.53. The van der Waals surface area contributed by atoms with Crippen LogP contribution in [0.2, 0.25) is 0 Å². The SMILES string of the molecule is COC(=O)CCC(N)c1cccc(Br)n1. The number of pyridine rings is 1. The first-order chi connectivity index (χ1) is 7.13. The third-order valence-corrected chi connectivity index (χ3v) is 2.45. The van der Waals surface area contributed by atoms with Crippen molar-refractivity contribution < 1.29 is 9.53 Å². The molecule has 4 nitrogen and oxygen atoms in total. The van der Waals surface area contributed by atoms with E-state index in [1.165, 1.54) is 7.11 Å². The quantitative estimate of drug-likeness (QED) is 0.671. The number of hydrogen-bond donors (Lipinski definition) is 1. The number of halogens is 1. The second kappa shape index (κ2) is 5.82. The van der Waals surface area contributed by atoms with Crippen molar-refractivity contribution in [1.29, 1.82) is 0 Å². The van der Waals surface area contributed by atoms with Crippen LogP contribution in [0.1, 0.15) is 24.6 Å². The van der Waals surface area contributed by atoms with E-state index in [9.17, 15) is 4.79 Å². The molecule has 0 bridgehead atoms. The fraction of sp³-hybridized carbons (Fsp3) is 0.400. The summed E-state index contributed by atoms with van der Waals surface area (Å²) < 4.78 is 5.28. The standard InChI is InChI=1S/C10H13BrN2O2/c1-15-10(14)6-5-7(12)8-3-2-4-9(11)13-8/h2-4,7H,5-6,12H2,1H3. The number of methoxy groups -OCH3 is 1. The summed E-state index contributed by atoms with van der Waals surface area (Å²) in [6.07, 6.45) is 0.849. The molecular weight excluding hydrogens is 260 g/mol. The predicted molar refractivity (Wildman–Crippen MR) is 60.1 cm³/mol. The molecule has 0 spiro atoms. The molecule has 0 aliphatic carbocycles. The summed E-state index contributed by atoms with van der Waals surface area (Å²) in [5.41, 5.74) is 6.65. The van der Waals surface area contributed by atoms with Crippen LogP contribution < -0.4 is 5.73 Å². The van der Waals surface area contributed by atoms with Gasteiger partial charge in [0.05, 0.1) is 12.8 Å². The number of aromatic nitrogens is 1. The van der Waals surface area contributed by atoms with Gasteiger partial charge in [-0.25, -0.2) is 4.98 Å². The summed E-state index contributed by atoms with van der Waals surface area (Å²) in [5, 5.41) is 0. The Bertz CT molecular complexity index is 344. The third kappa shape index (κ3) is 3.97. The number of carbonyl (C=O) groups excluding carboxylic acids is 1. The maximum atomic E-state index is 10.9. The average Bonchev–Trinajstić information content (AvgIpc) is 2.25. The van der Waals surface area contributed by atoms with Crippen LogP contribution in [0.25, 0.3) is 0 Å². The van der Waals surface area contributed by atoms with Crippen molar-refractivity contribution in [2.24, 2.45) is 5.73 Å². The van der Waals surface area contributed by atoms with Crippen molar-refractivity contribution >= 4 is 21.9 Å². The lowest BCUT2D eigenvalue weighted by molar-refractivity contribution is -0.140. The van der Waals surface area contributed by atoms with Crippen molar-refractivity contribution in [3.63, 3.8) is 0 Å². The van der Waals surface area contributed by atoms with Gasteiger partial charge in [0.2, 0.25) is 0 Å². The topological polar surface area (TPSA) is 65.2 Å². The summed E-state index contributed by atoms with van der Waals surface area (Å²) >= 11 is 3.27. The zero-order chi connectivity index (χ0) is 11.3. The van der Waals surface area contributed by atoms with E-state index in [1.54, 1.807) is 0 Å². The maximum Gasteiger partial charge on any atom is 0.305 e. The van der Waals surface area contributed by atoms with Gasteiger partial charge in [0, 0.05) is 12.5 Å². The van der Waals surface area contributed by atoms with Gasteiger partial charge < -0.3 is 10.5 Å². The Kier molecular flexibility index (Phi) is 4.71. The molecule has 0 aromatic carbocycles. The number of ether oxygens (including phenoxy) is 1. The molecule has 0 amide bonds. The molecule has 1 rings (SSSR count). The monoisotopic (exact) mass is 272 g/mol. The predicted octanol–water partition coefficient (Wildman–Crippen LogP) is 1.80. The van der Waals surface area contributed by atoms with Gasteiger partial charge in [-0.05, 0) is 34.5 Å². The van der Waals surface area contributed by atoms with E-state index in [-0.39, 0.29) is 12.0 Å². The normalized spacial score (nSPS) is 12.2. The fourth-order valence-corrected chi connectivity index (χ4v) is 1.51. The summed E-state index contributed by atoms with van der Waals surface area (Å²) in [6, 6.07) is 5.30. The van der Waals surface area contributed by atoms with Gasteiger partial charge in [-0.2, -0.15) is 0 Å². The van der Waals surface area contributed by atoms with Crippen LogP contribution in [0.3, 0.4) is 0 Å². The van der Waals surface area contributed by atoms with Crippen LogP contribution in [0, 0.1) is 0 Å². The molecule has 0 saturated heterocycles. The van der Waals surface area contributed by atoms with E-state index in [2.05, 4.69) is 25.7 Å². The molecule has 2 N–H and O–H groups in total. The fourth-order valence-electron chi connectivity index (χ4n) is 1.15. The molecule has 0 aliphatic rings. The molecule has 0 radical (unpaired) electrons. The van der Waals surface area contributed by atoms with Crippen LogP contribution in [-0.2, 0) is 9.53 Å². The van der Waals surface area contributed by atoms with Crippen molar-refractivity contribution in [3.05, 3.63) is 28.5 Å². The Morgan fingerprint density at radius 2 is 2.40 bits per heavy atom. The molecule has 1 aromatic heterocycles. The van der Waals surface area contributed by atoms with Crippen LogP contribution >= 0.6 is 15.9 Å². The van der Waals surface area contributed by atoms with E-state index in [1.807, 2.05) is 18.2 Å². The Hall–Kier alpha value is -0.940. The minimum absolute atomic E-state index is 0.235. The molecule has 1 aromatic rings. The van der Waals surface area contributed by atoms with Crippen molar-refractivity contribution in [2.75, 3.05) is 7.11 Å². The molecule has 82 valence electrons. The summed E-state index contributed by atoms with van der Waals surface area (Å²) in [7, 11) is 1.37. The molecule has 0 aliphatic heterocycles. The van der Waals surface area contributed by atoms with E-state index < -0.39 is 0 Å². The van der Waals surface area contributed by atoms with Crippen molar-refractivity contribution in [1.82, 2.24) is 4.98 Å². The highest BCUT2D eigenvalue weighted by Gasteiger charge is 2.10. The molecule has 0 fully saturated rings. The van der Waals surface area contributed by atoms with Gasteiger partial charge in [0.25, 0.3) is 0 Å². The Labute approximate surface area is 97.0 Å². The summed E-state index contributed by atoms with van der Waals surface area (Å²) in [4.78, 5) is 15.1. The van der Waals surface area contributed by atoms with E-state index >= 15 is 0 Å². The highest BCUT2D eigenvalue weighted by Crippen LogP contribution is 2.16. The number of carbonyl (C=O) groups is 1. The third-order valence-electron chi connectivity index (χ3n) is 2.00. The highest BCUT2D eigenvalue weighted by molar-refractivity contribution is 9.10. The molecular formula is C10H13BrN2O2. The lowest BCUT2D eigenvalue weighted by atomic mass is 10.1. The first kappa shape index (κ1) is 12.1. The lowest BCUT2D eigenvalue weighted by Gasteiger charge is -2.10. The minimum Gasteiger partial charge on any atom is -0.469 e. The second-order valence-electron chi connectivity index (χ2n) is 3.11. The molecule has 15 heavy (non-hydrogen) atoms. The zero-order valence-corrected chi connectivity index (χ0v) is 10.0. The smallest absolute Gasteiger partial charge is 0.305 e. The van der Waals surface area contributed by atoms with Crippen LogP contribution in [-0.4, -0.2) is 18.1 Å². The Morgan fingerprint density at radius 3 is 3.00 bits per heavy atom. The minimum atomic E-state index is -0.250. The largest absolute Gasteiger partial charge is 0.469 e. The second-order valence-corrected chi connectivity index (χ2v) is 3.92. The van der Waals surface area contributed by atoms with Gasteiger partial charge in [-0.3, -0.25) is 4.79 Å². The molecule has 0 saturated carbocycles. The molecule has 1 unspecified atom stereocenters. The van der Waals surface area contributed by atoms with Crippen LogP contribution in [0.5, 0.6) is 0 Å².